The minimum Gasteiger partial charge on any atom is -0.341 e. The van der Waals surface area contributed by atoms with Crippen LogP contribution < -0.4 is 10.6 Å². The molecule has 1 unspecified atom stereocenters. The van der Waals surface area contributed by atoms with E-state index in [1.165, 1.54) is 0 Å². The number of hydrogen-bond acceptors (Lipinski definition) is 3. The van der Waals surface area contributed by atoms with Gasteiger partial charge in [-0.25, -0.2) is 4.98 Å². The van der Waals surface area contributed by atoms with Crippen molar-refractivity contribution in [2.45, 2.75) is 26.8 Å². The molecule has 0 aliphatic carbocycles. The monoisotopic (exact) mass is 297 g/mol. The van der Waals surface area contributed by atoms with E-state index in [1.54, 1.807) is 25.1 Å². The minimum absolute atomic E-state index is 0.274. The van der Waals surface area contributed by atoms with Gasteiger partial charge in [0.05, 0.1) is 0 Å². The van der Waals surface area contributed by atoms with E-state index in [1.807, 2.05) is 38.1 Å². The first kappa shape index (κ1) is 15.7. The average Bonchev–Trinajstić information content (AvgIpc) is 2.47. The van der Waals surface area contributed by atoms with Crippen molar-refractivity contribution in [1.29, 1.82) is 0 Å². The Morgan fingerprint density at radius 3 is 2.50 bits per heavy atom. The van der Waals surface area contributed by atoms with Gasteiger partial charge in [0.1, 0.15) is 11.9 Å². The molecule has 5 heteroatoms. The standard InChI is InChI=1S/C17H19N3O2/c1-11-6-4-8-14(10-11)17(22)19-13(3)16(21)20-15-9-5-7-12(2)18-15/h4-10,13H,1-3H3,(H,19,22)(H,18,20,21). The summed E-state index contributed by atoms with van der Waals surface area (Å²) in [5, 5.41) is 5.37. The molecule has 114 valence electrons. The van der Waals surface area contributed by atoms with Crippen LogP contribution in [0.2, 0.25) is 0 Å². The maximum atomic E-state index is 12.1. The normalized spacial score (nSPS) is 11.6. The van der Waals surface area contributed by atoms with E-state index in [2.05, 4.69) is 15.6 Å². The molecule has 0 aliphatic rings. The Balaban J connectivity index is 1.98. The summed E-state index contributed by atoms with van der Waals surface area (Å²) in [7, 11) is 0. The summed E-state index contributed by atoms with van der Waals surface area (Å²) < 4.78 is 0. The second kappa shape index (κ2) is 6.85. The third-order valence-corrected chi connectivity index (χ3v) is 3.16. The van der Waals surface area contributed by atoms with Gasteiger partial charge in [-0.3, -0.25) is 9.59 Å². The van der Waals surface area contributed by atoms with Gasteiger partial charge in [-0.05, 0) is 45.0 Å². The molecule has 0 fully saturated rings. The highest BCUT2D eigenvalue weighted by molar-refractivity contribution is 6.00. The zero-order chi connectivity index (χ0) is 16.1. The number of anilines is 1. The number of carbonyl (C=O) groups excluding carboxylic acids is 2. The van der Waals surface area contributed by atoms with Gasteiger partial charge in [-0.2, -0.15) is 0 Å². The Bertz CT molecular complexity index is 698. The largest absolute Gasteiger partial charge is 0.341 e. The summed E-state index contributed by atoms with van der Waals surface area (Å²) in [6.45, 7) is 5.40. The van der Waals surface area contributed by atoms with Crippen LogP contribution in [0, 0.1) is 13.8 Å². The Morgan fingerprint density at radius 1 is 1.09 bits per heavy atom. The number of nitrogens with zero attached hydrogens (tertiary/aromatic N) is 1. The van der Waals surface area contributed by atoms with Crippen LogP contribution in [0.1, 0.15) is 28.5 Å². The first-order chi connectivity index (χ1) is 10.5. The summed E-state index contributed by atoms with van der Waals surface area (Å²) in [5.41, 5.74) is 2.34. The van der Waals surface area contributed by atoms with Gasteiger partial charge >= 0.3 is 0 Å². The smallest absolute Gasteiger partial charge is 0.251 e. The summed E-state index contributed by atoms with van der Waals surface area (Å²) >= 11 is 0. The molecule has 1 aromatic carbocycles. The summed E-state index contributed by atoms with van der Waals surface area (Å²) in [4.78, 5) is 28.4. The second-order valence-corrected chi connectivity index (χ2v) is 5.22. The number of hydrogen-bond donors (Lipinski definition) is 2. The van der Waals surface area contributed by atoms with Crippen LogP contribution in [-0.2, 0) is 4.79 Å². The molecule has 2 aromatic rings. The summed E-state index contributed by atoms with van der Waals surface area (Å²) in [5.74, 6) is -0.107. The average molecular weight is 297 g/mol. The lowest BCUT2D eigenvalue weighted by Gasteiger charge is -2.14. The van der Waals surface area contributed by atoms with Gasteiger partial charge in [0, 0.05) is 11.3 Å². The number of benzene rings is 1. The van der Waals surface area contributed by atoms with E-state index < -0.39 is 6.04 Å². The second-order valence-electron chi connectivity index (χ2n) is 5.22. The molecule has 22 heavy (non-hydrogen) atoms. The number of nitrogens with one attached hydrogen (secondary N) is 2. The van der Waals surface area contributed by atoms with Crippen molar-refractivity contribution >= 4 is 17.6 Å². The highest BCUT2D eigenvalue weighted by atomic mass is 16.2. The zero-order valence-electron chi connectivity index (χ0n) is 12.9. The number of rotatable bonds is 4. The van der Waals surface area contributed by atoms with E-state index in [0.717, 1.165) is 11.3 Å². The van der Waals surface area contributed by atoms with Gasteiger partial charge in [0.15, 0.2) is 0 Å². The topological polar surface area (TPSA) is 71.1 Å². The van der Waals surface area contributed by atoms with Crippen LogP contribution in [0.5, 0.6) is 0 Å². The number of pyridine rings is 1. The van der Waals surface area contributed by atoms with Gasteiger partial charge < -0.3 is 10.6 Å². The SMILES string of the molecule is Cc1cccc(C(=O)NC(C)C(=O)Nc2cccc(C)n2)c1. The van der Waals surface area contributed by atoms with Crippen molar-refractivity contribution in [1.82, 2.24) is 10.3 Å². The Labute approximate surface area is 129 Å². The van der Waals surface area contributed by atoms with E-state index >= 15 is 0 Å². The van der Waals surface area contributed by atoms with Crippen LogP contribution in [0.4, 0.5) is 5.82 Å². The fourth-order valence-electron chi connectivity index (χ4n) is 1.98. The fourth-order valence-corrected chi connectivity index (χ4v) is 1.98. The van der Waals surface area contributed by atoms with Gasteiger partial charge in [0.25, 0.3) is 5.91 Å². The molecule has 0 saturated carbocycles. The molecule has 1 aromatic heterocycles. The molecule has 2 N–H and O–H groups in total. The van der Waals surface area contributed by atoms with Crippen LogP contribution >= 0.6 is 0 Å². The molecule has 5 nitrogen and oxygen atoms in total. The molecular formula is C17H19N3O2. The number of carbonyl (C=O) groups is 2. The Morgan fingerprint density at radius 2 is 1.82 bits per heavy atom. The molecule has 2 rings (SSSR count). The third kappa shape index (κ3) is 4.15. The van der Waals surface area contributed by atoms with Crippen molar-refractivity contribution in [3.05, 3.63) is 59.3 Å². The van der Waals surface area contributed by atoms with Crippen LogP contribution in [0.3, 0.4) is 0 Å². The molecule has 0 radical (unpaired) electrons. The molecule has 0 aliphatic heterocycles. The molecule has 0 spiro atoms. The number of aryl methyl sites for hydroxylation is 2. The maximum absolute atomic E-state index is 12.1. The lowest BCUT2D eigenvalue weighted by molar-refractivity contribution is -0.117. The van der Waals surface area contributed by atoms with Crippen LogP contribution in [0.25, 0.3) is 0 Å². The molecule has 1 atom stereocenters. The molecule has 1 heterocycles. The van der Waals surface area contributed by atoms with Gasteiger partial charge in [0.2, 0.25) is 5.91 Å². The summed E-state index contributed by atoms with van der Waals surface area (Å²) in [6, 6.07) is 11.9. The number of aromatic nitrogens is 1. The number of amides is 2. The van der Waals surface area contributed by atoms with E-state index in [4.69, 9.17) is 0 Å². The predicted molar refractivity (Wildman–Crippen MR) is 85.7 cm³/mol. The lowest BCUT2D eigenvalue weighted by atomic mass is 10.1. The molecule has 2 amide bonds. The maximum Gasteiger partial charge on any atom is 0.251 e. The Kier molecular flexibility index (Phi) is 4.88. The van der Waals surface area contributed by atoms with Crippen LogP contribution in [0.15, 0.2) is 42.5 Å². The van der Waals surface area contributed by atoms with Crippen molar-refractivity contribution in [3.63, 3.8) is 0 Å². The van der Waals surface area contributed by atoms with E-state index in [0.29, 0.717) is 11.4 Å². The Hall–Kier alpha value is -2.69. The third-order valence-electron chi connectivity index (χ3n) is 3.16. The fraction of sp³-hybridized carbons (Fsp3) is 0.235. The summed E-state index contributed by atoms with van der Waals surface area (Å²) in [6.07, 6.45) is 0. The zero-order valence-corrected chi connectivity index (χ0v) is 12.9. The lowest BCUT2D eigenvalue weighted by Crippen LogP contribution is -2.41. The highest BCUT2D eigenvalue weighted by Crippen LogP contribution is 2.06. The van der Waals surface area contributed by atoms with Gasteiger partial charge in [-0.1, -0.05) is 23.8 Å². The van der Waals surface area contributed by atoms with Crippen molar-refractivity contribution in [2.75, 3.05) is 5.32 Å². The van der Waals surface area contributed by atoms with E-state index in [9.17, 15) is 9.59 Å². The first-order valence-corrected chi connectivity index (χ1v) is 7.08. The van der Waals surface area contributed by atoms with Crippen molar-refractivity contribution in [3.8, 4) is 0 Å². The van der Waals surface area contributed by atoms with Gasteiger partial charge in [-0.15, -0.1) is 0 Å². The highest BCUT2D eigenvalue weighted by Gasteiger charge is 2.17. The van der Waals surface area contributed by atoms with E-state index in [-0.39, 0.29) is 11.8 Å². The van der Waals surface area contributed by atoms with Crippen molar-refractivity contribution < 1.29 is 9.59 Å². The van der Waals surface area contributed by atoms with Crippen LogP contribution in [-0.4, -0.2) is 22.8 Å². The minimum atomic E-state index is -0.657. The quantitative estimate of drug-likeness (QED) is 0.910. The molecular weight excluding hydrogens is 278 g/mol. The van der Waals surface area contributed by atoms with Crippen molar-refractivity contribution in [2.24, 2.45) is 0 Å². The predicted octanol–water partition coefficient (Wildman–Crippen LogP) is 2.46. The first-order valence-electron chi connectivity index (χ1n) is 7.08. The molecule has 0 saturated heterocycles. The molecule has 0 bridgehead atoms.